The fourth-order valence-corrected chi connectivity index (χ4v) is 5.48. The third kappa shape index (κ3) is 6.59. The van der Waals surface area contributed by atoms with Crippen molar-refractivity contribution >= 4 is 41.4 Å². The van der Waals surface area contributed by atoms with Crippen molar-refractivity contribution in [3.63, 3.8) is 0 Å². The zero-order valence-electron chi connectivity index (χ0n) is 22.9. The van der Waals surface area contributed by atoms with Gasteiger partial charge in [0.25, 0.3) is 0 Å². The van der Waals surface area contributed by atoms with Crippen LogP contribution < -0.4 is 20.9 Å². The lowest BCUT2D eigenvalue weighted by atomic mass is 10.0. The van der Waals surface area contributed by atoms with Crippen molar-refractivity contribution in [1.29, 1.82) is 0 Å². The van der Waals surface area contributed by atoms with Gasteiger partial charge in [-0.2, -0.15) is 0 Å². The predicted molar refractivity (Wildman–Crippen MR) is 146 cm³/mol. The maximum absolute atomic E-state index is 13.9. The van der Waals surface area contributed by atoms with Crippen LogP contribution in [-0.2, 0) is 52.9 Å². The number of amides is 4. The topological polar surface area (TPSA) is 201 Å². The van der Waals surface area contributed by atoms with Gasteiger partial charge in [0.1, 0.15) is 30.8 Å². The molecule has 3 heterocycles. The first-order valence-electron chi connectivity index (χ1n) is 13.7. The van der Waals surface area contributed by atoms with Crippen molar-refractivity contribution in [2.45, 2.75) is 69.2 Å². The number of carbonyl (C=O) groups excluding carboxylic acids is 5. The number of aliphatic hydroxyl groups is 1. The third-order valence-corrected chi connectivity index (χ3v) is 7.54. The predicted octanol–water partition coefficient (Wildman–Crippen LogP) is -0.105. The maximum atomic E-state index is 13.9. The van der Waals surface area contributed by atoms with Crippen LogP contribution in [0.1, 0.15) is 36.0 Å². The molecule has 4 amide bonds. The Morgan fingerprint density at radius 3 is 2.44 bits per heavy atom. The van der Waals surface area contributed by atoms with Crippen molar-refractivity contribution in [3.05, 3.63) is 65.2 Å². The second kappa shape index (κ2) is 12.5. The van der Waals surface area contributed by atoms with Crippen LogP contribution in [0, 0.1) is 0 Å². The summed E-state index contributed by atoms with van der Waals surface area (Å²) in [5, 5.41) is 26.7. The Morgan fingerprint density at radius 2 is 1.74 bits per heavy atom. The minimum Gasteiger partial charge on any atom is -0.481 e. The van der Waals surface area contributed by atoms with Crippen molar-refractivity contribution in [1.82, 2.24) is 16.0 Å². The van der Waals surface area contributed by atoms with E-state index in [0.717, 1.165) is 11.1 Å². The molecular formula is C29H30N4O10. The Bertz CT molecular complexity index is 1450. The van der Waals surface area contributed by atoms with E-state index in [4.69, 9.17) is 9.47 Å². The summed E-state index contributed by atoms with van der Waals surface area (Å²) in [6.45, 7) is -0.105. The Kier molecular flexibility index (Phi) is 8.57. The Labute approximate surface area is 245 Å². The number of hydrogen-bond donors (Lipinski definition) is 5. The summed E-state index contributed by atoms with van der Waals surface area (Å²) < 4.78 is 9.82. The van der Waals surface area contributed by atoms with Crippen LogP contribution in [0.4, 0.5) is 10.5 Å². The van der Waals surface area contributed by atoms with Gasteiger partial charge < -0.3 is 35.6 Å². The van der Waals surface area contributed by atoms with E-state index in [1.54, 1.807) is 42.5 Å². The Morgan fingerprint density at radius 1 is 1.00 bits per heavy atom. The van der Waals surface area contributed by atoms with E-state index in [0.29, 0.717) is 17.7 Å². The number of alkyl carbamates (subject to hydrolysis) is 1. The van der Waals surface area contributed by atoms with E-state index in [2.05, 4.69) is 16.0 Å². The van der Waals surface area contributed by atoms with E-state index < -0.39 is 72.6 Å². The van der Waals surface area contributed by atoms with Crippen LogP contribution in [0.5, 0.6) is 0 Å². The van der Waals surface area contributed by atoms with Gasteiger partial charge in [0.2, 0.25) is 24.0 Å². The molecule has 0 aliphatic carbocycles. The zero-order chi connectivity index (χ0) is 30.7. The molecule has 226 valence electrons. The molecule has 0 aromatic heterocycles. The maximum Gasteiger partial charge on any atom is 0.408 e. The van der Waals surface area contributed by atoms with Crippen LogP contribution in [-0.4, -0.2) is 76.4 Å². The van der Waals surface area contributed by atoms with Gasteiger partial charge in [-0.15, -0.1) is 0 Å². The zero-order valence-corrected chi connectivity index (χ0v) is 22.9. The molecule has 0 bridgehead atoms. The highest BCUT2D eigenvalue weighted by Crippen LogP contribution is 2.39. The summed E-state index contributed by atoms with van der Waals surface area (Å²) >= 11 is 0. The number of benzene rings is 2. The van der Waals surface area contributed by atoms with Gasteiger partial charge in [-0.05, 0) is 29.5 Å². The van der Waals surface area contributed by atoms with Gasteiger partial charge in [-0.3, -0.25) is 28.9 Å². The highest BCUT2D eigenvalue weighted by Gasteiger charge is 2.46. The molecule has 14 heteroatoms. The lowest BCUT2D eigenvalue weighted by Crippen LogP contribution is -2.58. The van der Waals surface area contributed by atoms with E-state index >= 15 is 0 Å². The standard InChI is InChI=1S/C29H30N4O10/c34-22(35)12-19(32-29(41)42-14-15-5-2-1-3-6-15)25(37)30-18-10-9-16-7-4-8-17-11-21(33(24(16)17)27(18)39)26(38)31-20-13-23(36)43-28(20)40/h1-8,18-21,28,40H,9-14H2,(H,30,37)(H,31,38)(H,32,41)(H,34,35)/t18-,19-,20-,21?,28?/m0/s1. The first kappa shape index (κ1) is 29.5. The third-order valence-electron chi connectivity index (χ3n) is 7.54. The number of aliphatic hydroxyl groups excluding tert-OH is 1. The second-order valence-electron chi connectivity index (χ2n) is 10.5. The molecule has 0 saturated carbocycles. The number of rotatable bonds is 9. The second-order valence-corrected chi connectivity index (χ2v) is 10.5. The first-order chi connectivity index (χ1) is 20.6. The largest absolute Gasteiger partial charge is 0.481 e. The molecule has 14 nitrogen and oxygen atoms in total. The summed E-state index contributed by atoms with van der Waals surface area (Å²) in [5.74, 6) is -4.15. The summed E-state index contributed by atoms with van der Waals surface area (Å²) in [4.78, 5) is 77.2. The quantitative estimate of drug-likeness (QED) is 0.244. The minimum absolute atomic E-state index is 0.105. The molecule has 1 fully saturated rings. The molecule has 2 aromatic carbocycles. The minimum atomic E-state index is -1.55. The molecule has 5 rings (SSSR count). The van der Waals surface area contributed by atoms with Crippen LogP contribution >= 0.6 is 0 Å². The monoisotopic (exact) mass is 594 g/mol. The summed E-state index contributed by atoms with van der Waals surface area (Å²) in [6.07, 6.45) is -2.84. The number of para-hydroxylation sites is 1. The fraction of sp³-hybridized carbons (Fsp3) is 0.379. The van der Waals surface area contributed by atoms with Gasteiger partial charge in [0.05, 0.1) is 18.5 Å². The SMILES string of the molecule is O=C(O)C[C@H](NC(=O)OCc1ccccc1)C(=O)N[C@H]1CCc2cccc3c2N(C1=O)C(C(=O)N[C@H]1CC(=O)OC1O)C3. The van der Waals surface area contributed by atoms with Gasteiger partial charge in [-0.1, -0.05) is 48.5 Å². The summed E-state index contributed by atoms with van der Waals surface area (Å²) in [7, 11) is 0. The number of nitrogens with one attached hydrogen (secondary N) is 3. The highest BCUT2D eigenvalue weighted by molar-refractivity contribution is 6.08. The molecule has 2 aromatic rings. The number of esters is 1. The van der Waals surface area contributed by atoms with Crippen molar-refractivity contribution < 1.29 is 48.5 Å². The number of anilines is 1. The number of nitrogens with zero attached hydrogens (tertiary/aromatic N) is 1. The Hall–Kier alpha value is -4.98. The highest BCUT2D eigenvalue weighted by atomic mass is 16.6. The lowest BCUT2D eigenvalue weighted by molar-refractivity contribution is -0.155. The number of carbonyl (C=O) groups is 6. The normalized spacial score (nSPS) is 23.0. The molecule has 0 radical (unpaired) electrons. The van der Waals surface area contributed by atoms with Crippen LogP contribution in [0.15, 0.2) is 48.5 Å². The summed E-state index contributed by atoms with van der Waals surface area (Å²) in [6, 6.07) is 9.44. The van der Waals surface area contributed by atoms with E-state index in [-0.39, 0.29) is 25.9 Å². The molecule has 0 spiro atoms. The number of cyclic esters (lactones) is 1. The molecule has 43 heavy (non-hydrogen) atoms. The van der Waals surface area contributed by atoms with Crippen LogP contribution in [0.3, 0.4) is 0 Å². The van der Waals surface area contributed by atoms with Gasteiger partial charge in [0, 0.05) is 6.42 Å². The van der Waals surface area contributed by atoms with Crippen LogP contribution in [0.2, 0.25) is 0 Å². The number of carboxylic acids is 1. The number of aryl methyl sites for hydroxylation is 1. The van der Waals surface area contributed by atoms with Gasteiger partial charge >= 0.3 is 18.0 Å². The number of hydrogen-bond acceptors (Lipinski definition) is 9. The van der Waals surface area contributed by atoms with E-state index in [9.17, 15) is 39.0 Å². The van der Waals surface area contributed by atoms with Gasteiger partial charge in [-0.25, -0.2) is 4.79 Å². The smallest absolute Gasteiger partial charge is 0.408 e. The lowest BCUT2D eigenvalue weighted by Gasteiger charge is -2.29. The average molecular weight is 595 g/mol. The van der Waals surface area contributed by atoms with E-state index in [1.165, 1.54) is 4.90 Å². The van der Waals surface area contributed by atoms with Crippen molar-refractivity contribution in [3.8, 4) is 0 Å². The molecule has 2 unspecified atom stereocenters. The number of ether oxygens (including phenoxy) is 2. The Balaban J connectivity index is 1.30. The average Bonchev–Trinajstić information content (AvgIpc) is 3.48. The number of carboxylic acid groups (broad SMARTS) is 1. The van der Waals surface area contributed by atoms with E-state index in [1.807, 2.05) is 6.07 Å². The molecule has 1 saturated heterocycles. The fourth-order valence-electron chi connectivity index (χ4n) is 5.48. The molecule has 3 aliphatic rings. The molecule has 5 N–H and O–H groups in total. The number of aliphatic carboxylic acids is 1. The van der Waals surface area contributed by atoms with Gasteiger partial charge in [0.15, 0.2) is 0 Å². The summed E-state index contributed by atoms with van der Waals surface area (Å²) in [5.41, 5.74) is 2.75. The molecule has 3 aliphatic heterocycles. The first-order valence-corrected chi connectivity index (χ1v) is 13.7. The van der Waals surface area contributed by atoms with Crippen molar-refractivity contribution in [2.24, 2.45) is 0 Å². The molecular weight excluding hydrogens is 564 g/mol. The van der Waals surface area contributed by atoms with Crippen molar-refractivity contribution in [2.75, 3.05) is 4.90 Å². The van der Waals surface area contributed by atoms with Crippen LogP contribution in [0.25, 0.3) is 0 Å². The molecule has 5 atom stereocenters.